The maximum atomic E-state index is 14.0. The minimum Gasteiger partial charge on any atom is -0.480 e. The Morgan fingerprint density at radius 2 is 1.48 bits per heavy atom. The first-order valence-electron chi connectivity index (χ1n) is 15.4. The highest BCUT2D eigenvalue weighted by Gasteiger charge is 2.32. The van der Waals surface area contributed by atoms with E-state index in [1.165, 1.54) is 4.90 Å². The number of carboxylic acid groups (broad SMARTS) is 1. The van der Waals surface area contributed by atoms with E-state index in [1.54, 1.807) is 65.6 Å². The molecule has 0 unspecified atom stereocenters. The Kier molecular flexibility index (Phi) is 13.0. The molecule has 4 aromatic rings. The number of rotatable bonds is 14. The van der Waals surface area contributed by atoms with Crippen molar-refractivity contribution in [3.63, 3.8) is 0 Å². The largest absolute Gasteiger partial charge is 0.480 e. The van der Waals surface area contributed by atoms with Gasteiger partial charge in [-0.3, -0.25) is 9.59 Å². The average molecular weight is 710 g/mol. The highest BCUT2D eigenvalue weighted by atomic mass is 35.5. The Bertz CT molecular complexity index is 1680. The van der Waals surface area contributed by atoms with Gasteiger partial charge >= 0.3 is 12.0 Å². The van der Waals surface area contributed by atoms with Crippen molar-refractivity contribution in [1.82, 2.24) is 15.1 Å². The molecule has 1 heterocycles. The molecular weight excluding hydrogens is 671 g/mol. The number of amides is 4. The fourth-order valence-electron chi connectivity index (χ4n) is 5.11. The van der Waals surface area contributed by atoms with Gasteiger partial charge < -0.3 is 25.5 Å². The van der Waals surface area contributed by atoms with Crippen LogP contribution in [0.2, 0.25) is 10.0 Å². The molecule has 4 amide bonds. The number of halogens is 2. The minimum absolute atomic E-state index is 0.0116. The predicted octanol–water partition coefficient (Wildman–Crippen LogP) is 7.59. The summed E-state index contributed by atoms with van der Waals surface area (Å²) in [5.74, 6) is -1.94. The van der Waals surface area contributed by atoms with Crippen LogP contribution in [0.15, 0.2) is 90.3 Å². The zero-order valence-corrected chi connectivity index (χ0v) is 29.2. The zero-order chi connectivity index (χ0) is 34.8. The van der Waals surface area contributed by atoms with Crippen molar-refractivity contribution in [3.8, 4) is 0 Å². The SMILES string of the molecule is CC(C)CN(C(=O)N[C@@H](Cc1ccc(NC(=O)c2c(Cl)cccc2Cl)cc1)C(=O)O)[C@@H](C)C(=O)N(Cc1ccccc1)Cc1cccs1. The van der Waals surface area contributed by atoms with Gasteiger partial charge in [0.1, 0.15) is 12.1 Å². The standard InChI is InChI=1S/C36H38Cl2N4O5S/c1-23(2)20-42(24(3)34(44)41(22-28-11-8-18-48-28)21-26-9-5-4-6-10-26)36(47)40-31(35(45)46)19-25-14-16-27(17-15-25)39-33(43)32-29(37)12-7-13-30(32)38/h4-18,23-24,31H,19-22H2,1-3H3,(H,39,43)(H,40,47)(H,45,46)/t24-,31-/m0/s1. The third-order valence-electron chi connectivity index (χ3n) is 7.54. The van der Waals surface area contributed by atoms with Crippen LogP contribution in [-0.2, 0) is 29.1 Å². The van der Waals surface area contributed by atoms with Crippen molar-refractivity contribution >= 4 is 64.0 Å². The fraction of sp³-hybridized carbons (Fsp3) is 0.278. The van der Waals surface area contributed by atoms with Crippen LogP contribution in [0.4, 0.5) is 10.5 Å². The molecule has 3 aromatic carbocycles. The van der Waals surface area contributed by atoms with E-state index in [2.05, 4.69) is 10.6 Å². The second kappa shape index (κ2) is 17.1. The predicted molar refractivity (Wildman–Crippen MR) is 191 cm³/mol. The van der Waals surface area contributed by atoms with E-state index in [-0.39, 0.29) is 40.4 Å². The van der Waals surface area contributed by atoms with Crippen LogP contribution in [-0.4, -0.2) is 57.3 Å². The fourth-order valence-corrected chi connectivity index (χ4v) is 6.40. The van der Waals surface area contributed by atoms with Gasteiger partial charge in [0.05, 0.1) is 22.2 Å². The summed E-state index contributed by atoms with van der Waals surface area (Å²) in [6.07, 6.45) is -0.0258. The Labute approximate surface area is 294 Å². The molecule has 0 aliphatic heterocycles. The van der Waals surface area contributed by atoms with Crippen molar-refractivity contribution in [2.75, 3.05) is 11.9 Å². The van der Waals surface area contributed by atoms with Gasteiger partial charge in [-0.2, -0.15) is 0 Å². The number of carbonyl (C=O) groups excluding carboxylic acids is 3. The highest BCUT2D eigenvalue weighted by Crippen LogP contribution is 2.25. The molecule has 2 atom stereocenters. The Morgan fingerprint density at radius 3 is 2.06 bits per heavy atom. The molecule has 0 saturated heterocycles. The first-order chi connectivity index (χ1) is 22.9. The average Bonchev–Trinajstić information content (AvgIpc) is 3.56. The molecule has 0 radical (unpaired) electrons. The minimum atomic E-state index is -1.27. The van der Waals surface area contributed by atoms with Crippen LogP contribution in [0.1, 0.15) is 47.1 Å². The summed E-state index contributed by atoms with van der Waals surface area (Å²) >= 11 is 13.8. The molecule has 0 aliphatic carbocycles. The molecule has 3 N–H and O–H groups in total. The second-order valence-electron chi connectivity index (χ2n) is 11.8. The Morgan fingerprint density at radius 1 is 0.812 bits per heavy atom. The van der Waals surface area contributed by atoms with Crippen LogP contribution in [0.25, 0.3) is 0 Å². The maximum Gasteiger partial charge on any atom is 0.326 e. The van der Waals surface area contributed by atoms with Gasteiger partial charge in [-0.1, -0.05) is 91.6 Å². The molecule has 12 heteroatoms. The molecule has 0 spiro atoms. The number of hydrogen-bond donors (Lipinski definition) is 3. The van der Waals surface area contributed by atoms with Crippen molar-refractivity contribution in [3.05, 3.63) is 122 Å². The summed E-state index contributed by atoms with van der Waals surface area (Å²) in [4.78, 5) is 56.9. The normalized spacial score (nSPS) is 12.2. The van der Waals surface area contributed by atoms with E-state index in [4.69, 9.17) is 23.2 Å². The quantitative estimate of drug-likeness (QED) is 0.125. The van der Waals surface area contributed by atoms with Gasteiger partial charge in [-0.15, -0.1) is 11.3 Å². The molecule has 48 heavy (non-hydrogen) atoms. The van der Waals surface area contributed by atoms with E-state index in [0.717, 1.165) is 10.4 Å². The van der Waals surface area contributed by atoms with Crippen molar-refractivity contribution in [2.24, 2.45) is 5.92 Å². The van der Waals surface area contributed by atoms with E-state index >= 15 is 0 Å². The molecule has 4 rings (SSSR count). The molecular formula is C36H38Cl2N4O5S. The van der Waals surface area contributed by atoms with Gasteiger partial charge in [0.2, 0.25) is 5.91 Å². The lowest BCUT2D eigenvalue weighted by atomic mass is 10.1. The van der Waals surface area contributed by atoms with Gasteiger partial charge in [0, 0.05) is 30.1 Å². The number of carboxylic acids is 1. The summed E-state index contributed by atoms with van der Waals surface area (Å²) in [5, 5.41) is 17.8. The van der Waals surface area contributed by atoms with Gasteiger partial charge in [-0.25, -0.2) is 9.59 Å². The van der Waals surface area contributed by atoms with E-state index in [1.807, 2.05) is 61.7 Å². The number of aliphatic carboxylic acids is 1. The number of nitrogens with one attached hydrogen (secondary N) is 2. The lowest BCUT2D eigenvalue weighted by Crippen LogP contribution is -2.56. The highest BCUT2D eigenvalue weighted by molar-refractivity contribution is 7.09. The number of anilines is 1. The van der Waals surface area contributed by atoms with Crippen molar-refractivity contribution in [2.45, 2.75) is 52.4 Å². The third kappa shape index (κ3) is 10.1. The zero-order valence-electron chi connectivity index (χ0n) is 26.9. The third-order valence-corrected chi connectivity index (χ3v) is 9.03. The number of nitrogens with zero attached hydrogens (tertiary/aromatic N) is 2. The number of hydrogen-bond acceptors (Lipinski definition) is 5. The van der Waals surface area contributed by atoms with Gasteiger partial charge in [0.25, 0.3) is 5.91 Å². The smallest absolute Gasteiger partial charge is 0.326 e. The number of carbonyl (C=O) groups is 4. The number of benzene rings is 3. The Balaban J connectivity index is 1.46. The van der Waals surface area contributed by atoms with E-state index < -0.39 is 30.0 Å². The molecule has 252 valence electrons. The van der Waals surface area contributed by atoms with Crippen LogP contribution in [0, 0.1) is 5.92 Å². The van der Waals surface area contributed by atoms with Crippen LogP contribution >= 0.6 is 34.5 Å². The van der Waals surface area contributed by atoms with Crippen LogP contribution in [0.3, 0.4) is 0 Å². The molecule has 0 fully saturated rings. The van der Waals surface area contributed by atoms with Crippen molar-refractivity contribution < 1.29 is 24.3 Å². The first-order valence-corrected chi connectivity index (χ1v) is 17.1. The topological polar surface area (TPSA) is 119 Å². The molecule has 9 nitrogen and oxygen atoms in total. The number of urea groups is 1. The lowest BCUT2D eigenvalue weighted by Gasteiger charge is -2.34. The summed E-state index contributed by atoms with van der Waals surface area (Å²) in [7, 11) is 0. The van der Waals surface area contributed by atoms with Gasteiger partial charge in [-0.05, 0) is 59.7 Å². The summed E-state index contributed by atoms with van der Waals surface area (Å²) < 4.78 is 0. The van der Waals surface area contributed by atoms with E-state index in [0.29, 0.717) is 24.3 Å². The van der Waals surface area contributed by atoms with Crippen molar-refractivity contribution in [1.29, 1.82) is 0 Å². The molecule has 0 aliphatic rings. The maximum absolute atomic E-state index is 14.0. The Hall–Kier alpha value is -4.38. The monoisotopic (exact) mass is 708 g/mol. The summed E-state index contributed by atoms with van der Waals surface area (Å²) in [5.41, 5.74) is 2.17. The molecule has 0 bridgehead atoms. The summed E-state index contributed by atoms with van der Waals surface area (Å²) in [6, 6.07) is 22.1. The van der Waals surface area contributed by atoms with E-state index in [9.17, 15) is 24.3 Å². The van der Waals surface area contributed by atoms with Crippen LogP contribution < -0.4 is 10.6 Å². The number of thiophene rings is 1. The first kappa shape index (κ1) is 36.5. The molecule has 0 saturated carbocycles. The van der Waals surface area contributed by atoms with Crippen LogP contribution in [0.5, 0.6) is 0 Å². The van der Waals surface area contributed by atoms with Gasteiger partial charge in [0.15, 0.2) is 0 Å². The summed E-state index contributed by atoms with van der Waals surface area (Å²) in [6.45, 7) is 6.52. The second-order valence-corrected chi connectivity index (χ2v) is 13.6. The molecule has 1 aromatic heterocycles. The lowest BCUT2D eigenvalue weighted by molar-refractivity contribution is -0.139.